The average Bonchev–Trinajstić information content (AvgIpc) is 3.24. The van der Waals surface area contributed by atoms with Crippen LogP contribution in [-0.4, -0.2) is 38.2 Å². The predicted octanol–water partition coefficient (Wildman–Crippen LogP) is 4.20. The van der Waals surface area contributed by atoms with Gasteiger partial charge in [-0.25, -0.2) is 14.4 Å². The molecule has 8 nitrogen and oxygen atoms in total. The van der Waals surface area contributed by atoms with E-state index in [-0.39, 0.29) is 23.9 Å². The molecule has 9 heteroatoms. The van der Waals surface area contributed by atoms with Gasteiger partial charge >= 0.3 is 0 Å². The molecule has 2 heterocycles. The Bertz CT molecular complexity index is 1250. The number of fused-ring (bicyclic) bond motifs is 1. The van der Waals surface area contributed by atoms with E-state index in [1.807, 2.05) is 26.8 Å². The standard InChI is InChI=1S/C23H23FN6O2/c1-23(2,3)30-20(31)13-32-17-6-4-5-14(9-17)21-28-19-8-7-15(24)10-18(19)22(29-21)27-16-11-25-26-12-16/h4-12H,13H2,1-3H3,(H,25,26)(H,30,31)(H,27,28,29). The third-order valence-electron chi connectivity index (χ3n) is 4.40. The van der Waals surface area contributed by atoms with Gasteiger partial charge in [-0.1, -0.05) is 12.1 Å². The first kappa shape index (κ1) is 21.2. The summed E-state index contributed by atoms with van der Waals surface area (Å²) in [6.45, 7) is 5.61. The number of rotatable bonds is 6. The highest BCUT2D eigenvalue weighted by Gasteiger charge is 2.15. The highest BCUT2D eigenvalue weighted by atomic mass is 19.1. The van der Waals surface area contributed by atoms with Crippen molar-refractivity contribution in [2.45, 2.75) is 26.3 Å². The van der Waals surface area contributed by atoms with E-state index in [4.69, 9.17) is 4.74 Å². The fraction of sp³-hybridized carbons (Fsp3) is 0.217. The van der Waals surface area contributed by atoms with Crippen LogP contribution in [0.1, 0.15) is 20.8 Å². The largest absolute Gasteiger partial charge is 0.484 e. The molecule has 0 radical (unpaired) electrons. The van der Waals surface area contributed by atoms with E-state index in [0.29, 0.717) is 39.5 Å². The first-order valence-electron chi connectivity index (χ1n) is 10.0. The number of hydrogen-bond donors (Lipinski definition) is 3. The molecule has 2 aromatic heterocycles. The van der Waals surface area contributed by atoms with Gasteiger partial charge in [0.25, 0.3) is 5.91 Å². The number of hydrogen-bond acceptors (Lipinski definition) is 6. The fourth-order valence-electron chi connectivity index (χ4n) is 3.11. The van der Waals surface area contributed by atoms with Crippen molar-refractivity contribution in [2.24, 2.45) is 0 Å². The lowest BCUT2D eigenvalue weighted by atomic mass is 10.1. The Hall–Kier alpha value is -4.01. The SMILES string of the molecule is CC(C)(C)NC(=O)COc1cccc(-c2nc(Nc3cn[nH]c3)c3cc(F)ccc3n2)c1. The number of aromatic amines is 1. The molecule has 32 heavy (non-hydrogen) atoms. The molecule has 0 bridgehead atoms. The zero-order valence-electron chi connectivity index (χ0n) is 17.9. The Balaban J connectivity index is 1.64. The number of anilines is 2. The van der Waals surface area contributed by atoms with Gasteiger partial charge in [-0.3, -0.25) is 9.89 Å². The zero-order valence-corrected chi connectivity index (χ0v) is 17.9. The Labute approximate surface area is 184 Å². The van der Waals surface area contributed by atoms with Crippen LogP contribution in [0.3, 0.4) is 0 Å². The second-order valence-electron chi connectivity index (χ2n) is 8.28. The Kier molecular flexibility index (Phi) is 5.72. The third-order valence-corrected chi connectivity index (χ3v) is 4.40. The molecule has 0 atom stereocenters. The number of carbonyl (C=O) groups excluding carboxylic acids is 1. The number of amides is 1. The lowest BCUT2D eigenvalue weighted by Gasteiger charge is -2.20. The highest BCUT2D eigenvalue weighted by Crippen LogP contribution is 2.29. The van der Waals surface area contributed by atoms with Crippen LogP contribution < -0.4 is 15.4 Å². The summed E-state index contributed by atoms with van der Waals surface area (Å²) >= 11 is 0. The minimum atomic E-state index is -0.381. The lowest BCUT2D eigenvalue weighted by Crippen LogP contribution is -2.43. The Morgan fingerprint density at radius 2 is 2.00 bits per heavy atom. The van der Waals surface area contributed by atoms with Crippen LogP contribution >= 0.6 is 0 Å². The van der Waals surface area contributed by atoms with Crippen LogP contribution in [-0.2, 0) is 4.79 Å². The molecule has 0 aliphatic rings. The molecule has 0 aliphatic heterocycles. The molecule has 0 fully saturated rings. The number of halogens is 1. The molecule has 0 aliphatic carbocycles. The maximum Gasteiger partial charge on any atom is 0.258 e. The Morgan fingerprint density at radius 1 is 1.16 bits per heavy atom. The third kappa shape index (κ3) is 5.18. The molecular weight excluding hydrogens is 411 g/mol. The van der Waals surface area contributed by atoms with Crippen molar-refractivity contribution in [2.75, 3.05) is 11.9 Å². The summed E-state index contributed by atoms with van der Waals surface area (Å²) in [6.07, 6.45) is 3.27. The van der Waals surface area contributed by atoms with Crippen LogP contribution in [0.15, 0.2) is 54.9 Å². The van der Waals surface area contributed by atoms with E-state index in [0.717, 1.165) is 0 Å². The molecule has 0 saturated carbocycles. The van der Waals surface area contributed by atoms with E-state index < -0.39 is 0 Å². The molecule has 0 unspecified atom stereocenters. The summed E-state index contributed by atoms with van der Waals surface area (Å²) in [5.41, 5.74) is 1.62. The Morgan fingerprint density at radius 3 is 2.75 bits per heavy atom. The molecule has 0 saturated heterocycles. The van der Waals surface area contributed by atoms with Crippen molar-refractivity contribution < 1.29 is 13.9 Å². The normalized spacial score (nSPS) is 11.4. The number of nitrogens with one attached hydrogen (secondary N) is 3. The molecule has 4 rings (SSSR count). The maximum absolute atomic E-state index is 13.9. The second kappa shape index (κ2) is 8.62. The van der Waals surface area contributed by atoms with Gasteiger partial charge in [0.2, 0.25) is 0 Å². The van der Waals surface area contributed by atoms with E-state index in [2.05, 4.69) is 30.8 Å². The van der Waals surface area contributed by atoms with Gasteiger partial charge in [0.05, 0.1) is 17.4 Å². The van der Waals surface area contributed by atoms with Gasteiger partial charge < -0.3 is 15.4 Å². The summed E-state index contributed by atoms with van der Waals surface area (Å²) in [6, 6.07) is 11.5. The molecular formula is C23H23FN6O2. The maximum atomic E-state index is 13.9. The minimum absolute atomic E-state index is 0.105. The summed E-state index contributed by atoms with van der Waals surface area (Å²) in [5, 5.41) is 13.2. The monoisotopic (exact) mass is 434 g/mol. The van der Waals surface area contributed by atoms with Crippen LogP contribution in [0.4, 0.5) is 15.9 Å². The summed E-state index contributed by atoms with van der Waals surface area (Å²) in [7, 11) is 0. The van der Waals surface area contributed by atoms with Crippen LogP contribution in [0, 0.1) is 5.82 Å². The van der Waals surface area contributed by atoms with Gasteiger partial charge in [0.1, 0.15) is 17.4 Å². The summed E-state index contributed by atoms with van der Waals surface area (Å²) in [4.78, 5) is 21.2. The van der Waals surface area contributed by atoms with E-state index in [1.54, 1.807) is 36.7 Å². The lowest BCUT2D eigenvalue weighted by molar-refractivity contribution is -0.124. The molecule has 164 valence electrons. The van der Waals surface area contributed by atoms with Crippen molar-refractivity contribution in [1.29, 1.82) is 0 Å². The molecule has 3 N–H and O–H groups in total. The fourth-order valence-corrected chi connectivity index (χ4v) is 3.11. The van der Waals surface area contributed by atoms with E-state index in [9.17, 15) is 9.18 Å². The molecule has 0 spiro atoms. The summed E-state index contributed by atoms with van der Waals surface area (Å²) < 4.78 is 19.5. The van der Waals surface area contributed by atoms with Crippen LogP contribution in [0.5, 0.6) is 5.75 Å². The van der Waals surface area contributed by atoms with Gasteiger partial charge in [0, 0.05) is 22.7 Å². The summed E-state index contributed by atoms with van der Waals surface area (Å²) in [5.74, 6) is 0.798. The first-order chi connectivity index (χ1) is 15.3. The highest BCUT2D eigenvalue weighted by molar-refractivity contribution is 5.92. The van der Waals surface area contributed by atoms with Gasteiger partial charge in [-0.05, 0) is 51.1 Å². The van der Waals surface area contributed by atoms with Gasteiger partial charge in [0.15, 0.2) is 12.4 Å². The van der Waals surface area contributed by atoms with Crippen molar-refractivity contribution in [3.05, 3.63) is 60.7 Å². The van der Waals surface area contributed by atoms with Crippen molar-refractivity contribution in [1.82, 2.24) is 25.5 Å². The number of H-pyrrole nitrogens is 1. The predicted molar refractivity (Wildman–Crippen MR) is 120 cm³/mol. The van der Waals surface area contributed by atoms with Gasteiger partial charge in [-0.2, -0.15) is 5.10 Å². The quantitative estimate of drug-likeness (QED) is 0.420. The topological polar surface area (TPSA) is 105 Å². The van der Waals surface area contributed by atoms with Crippen molar-refractivity contribution in [3.8, 4) is 17.1 Å². The van der Waals surface area contributed by atoms with Crippen molar-refractivity contribution >= 4 is 28.3 Å². The number of nitrogens with zero attached hydrogens (tertiary/aromatic N) is 3. The minimum Gasteiger partial charge on any atom is -0.484 e. The molecule has 4 aromatic rings. The average molecular weight is 434 g/mol. The van der Waals surface area contributed by atoms with E-state index >= 15 is 0 Å². The number of carbonyl (C=O) groups is 1. The molecule has 1 amide bonds. The smallest absolute Gasteiger partial charge is 0.258 e. The van der Waals surface area contributed by atoms with Crippen LogP contribution in [0.25, 0.3) is 22.3 Å². The number of aromatic nitrogens is 4. The van der Waals surface area contributed by atoms with Crippen molar-refractivity contribution in [3.63, 3.8) is 0 Å². The van der Waals surface area contributed by atoms with Crippen LogP contribution in [0.2, 0.25) is 0 Å². The first-order valence-corrected chi connectivity index (χ1v) is 10.0. The van der Waals surface area contributed by atoms with Gasteiger partial charge in [-0.15, -0.1) is 0 Å². The second-order valence-corrected chi connectivity index (χ2v) is 8.28. The number of benzene rings is 2. The zero-order chi connectivity index (χ0) is 22.7. The molecule has 2 aromatic carbocycles. The van der Waals surface area contributed by atoms with E-state index in [1.165, 1.54) is 12.1 Å². The number of ether oxygens (including phenoxy) is 1.